The Labute approximate surface area is 116 Å². The van der Waals surface area contributed by atoms with E-state index in [2.05, 4.69) is 0 Å². The summed E-state index contributed by atoms with van der Waals surface area (Å²) in [7, 11) is 0. The van der Waals surface area contributed by atoms with Crippen molar-refractivity contribution in [2.24, 2.45) is 0 Å². The van der Waals surface area contributed by atoms with E-state index in [1.54, 1.807) is 6.92 Å². The van der Waals surface area contributed by atoms with Gasteiger partial charge in [0, 0.05) is 24.7 Å². The Morgan fingerprint density at radius 2 is 2.15 bits per heavy atom. The Morgan fingerprint density at radius 3 is 2.75 bits per heavy atom. The largest absolute Gasteiger partial charge is 0.481 e. The molecule has 2 rings (SSSR count). The van der Waals surface area contributed by atoms with Gasteiger partial charge in [-0.3, -0.25) is 9.69 Å². The minimum Gasteiger partial charge on any atom is -0.481 e. The molecule has 2 unspecified atom stereocenters. The molecule has 0 bridgehead atoms. The summed E-state index contributed by atoms with van der Waals surface area (Å²) in [5, 5.41) is 8.78. The Morgan fingerprint density at radius 1 is 1.50 bits per heavy atom. The average Bonchev–Trinajstić information content (AvgIpc) is 2.38. The Hall–Kier alpha value is -1.53. The van der Waals surface area contributed by atoms with Crippen LogP contribution in [-0.4, -0.2) is 41.8 Å². The number of hydrogen-bond donors (Lipinski definition) is 1. The number of aliphatic carboxylic acids is 1. The predicted molar refractivity (Wildman–Crippen MR) is 68.3 cm³/mol. The summed E-state index contributed by atoms with van der Waals surface area (Å²) in [4.78, 5) is 12.5. The van der Waals surface area contributed by atoms with Crippen LogP contribution >= 0.6 is 0 Å². The third-order valence-corrected chi connectivity index (χ3v) is 3.54. The van der Waals surface area contributed by atoms with Gasteiger partial charge in [0.15, 0.2) is 0 Å². The molecule has 1 aromatic rings. The molecule has 1 aliphatic rings. The number of benzene rings is 1. The number of ether oxygens (including phenoxy) is 1. The first-order chi connectivity index (χ1) is 9.49. The van der Waals surface area contributed by atoms with Crippen LogP contribution < -0.4 is 0 Å². The second-order valence-corrected chi connectivity index (χ2v) is 4.90. The molecule has 0 aliphatic carbocycles. The summed E-state index contributed by atoms with van der Waals surface area (Å²) in [5.74, 6) is -2.11. The topological polar surface area (TPSA) is 49.8 Å². The lowest BCUT2D eigenvalue weighted by Crippen LogP contribution is -2.44. The molecule has 0 aromatic heterocycles. The van der Waals surface area contributed by atoms with Gasteiger partial charge in [-0.05, 0) is 19.1 Å². The Balaban J connectivity index is 2.12. The third kappa shape index (κ3) is 3.32. The van der Waals surface area contributed by atoms with Crippen LogP contribution in [0.5, 0.6) is 0 Å². The van der Waals surface area contributed by atoms with Gasteiger partial charge in [0.2, 0.25) is 0 Å². The van der Waals surface area contributed by atoms with Crippen molar-refractivity contribution in [1.29, 1.82) is 0 Å². The molecule has 1 N–H and O–H groups in total. The van der Waals surface area contributed by atoms with E-state index in [9.17, 15) is 13.6 Å². The van der Waals surface area contributed by atoms with Crippen molar-refractivity contribution in [3.05, 3.63) is 35.4 Å². The van der Waals surface area contributed by atoms with Gasteiger partial charge in [-0.25, -0.2) is 8.78 Å². The van der Waals surface area contributed by atoms with E-state index in [-0.39, 0.29) is 12.0 Å². The van der Waals surface area contributed by atoms with Crippen LogP contribution in [0.25, 0.3) is 0 Å². The quantitative estimate of drug-likeness (QED) is 0.921. The van der Waals surface area contributed by atoms with Crippen molar-refractivity contribution in [3.8, 4) is 0 Å². The molecule has 110 valence electrons. The summed E-state index contributed by atoms with van der Waals surface area (Å²) in [6, 6.07) is 3.32. The number of rotatable bonds is 4. The van der Waals surface area contributed by atoms with Gasteiger partial charge >= 0.3 is 5.97 Å². The second-order valence-electron chi connectivity index (χ2n) is 4.90. The van der Waals surface area contributed by atoms with E-state index in [4.69, 9.17) is 9.84 Å². The summed E-state index contributed by atoms with van der Waals surface area (Å²) in [6.45, 7) is 2.94. The maximum atomic E-state index is 13.8. The van der Waals surface area contributed by atoms with Crippen molar-refractivity contribution in [3.63, 3.8) is 0 Å². The van der Waals surface area contributed by atoms with Crippen LogP contribution in [0.2, 0.25) is 0 Å². The minimum absolute atomic E-state index is 0.0171. The van der Waals surface area contributed by atoms with Crippen LogP contribution in [-0.2, 0) is 9.53 Å². The average molecular weight is 285 g/mol. The molecule has 6 heteroatoms. The fourth-order valence-electron chi connectivity index (χ4n) is 2.50. The lowest BCUT2D eigenvalue weighted by atomic mass is 10.0. The van der Waals surface area contributed by atoms with Crippen LogP contribution in [0, 0.1) is 11.6 Å². The van der Waals surface area contributed by atoms with Gasteiger partial charge in [0.25, 0.3) is 0 Å². The summed E-state index contributed by atoms with van der Waals surface area (Å²) >= 11 is 0. The van der Waals surface area contributed by atoms with Crippen LogP contribution in [0.3, 0.4) is 0 Å². The zero-order chi connectivity index (χ0) is 14.7. The van der Waals surface area contributed by atoms with Crippen molar-refractivity contribution < 1.29 is 23.4 Å². The van der Waals surface area contributed by atoms with E-state index >= 15 is 0 Å². The lowest BCUT2D eigenvalue weighted by molar-refractivity contribution is -0.142. The summed E-state index contributed by atoms with van der Waals surface area (Å²) in [6.07, 6.45) is -0.554. The van der Waals surface area contributed by atoms with E-state index in [1.165, 1.54) is 18.2 Å². The fourth-order valence-corrected chi connectivity index (χ4v) is 2.50. The normalized spacial score (nSPS) is 21.6. The minimum atomic E-state index is -0.943. The molecule has 1 fully saturated rings. The van der Waals surface area contributed by atoms with Gasteiger partial charge in [-0.1, -0.05) is 6.07 Å². The number of hydrogen-bond acceptors (Lipinski definition) is 3. The Kier molecular flexibility index (Phi) is 4.67. The molecule has 1 saturated heterocycles. The molecule has 1 aliphatic heterocycles. The van der Waals surface area contributed by atoms with Crippen LogP contribution in [0.15, 0.2) is 18.2 Å². The first-order valence-corrected chi connectivity index (χ1v) is 6.50. The molecular weight excluding hydrogens is 268 g/mol. The maximum Gasteiger partial charge on any atom is 0.306 e. The number of halogens is 2. The SMILES string of the molecule is CC(c1c(F)cccc1F)N1CCOC(CC(=O)O)C1. The highest BCUT2D eigenvalue weighted by Gasteiger charge is 2.29. The second kappa shape index (κ2) is 6.28. The van der Waals surface area contributed by atoms with Crippen molar-refractivity contribution >= 4 is 5.97 Å². The van der Waals surface area contributed by atoms with Crippen LogP contribution in [0.4, 0.5) is 8.78 Å². The van der Waals surface area contributed by atoms with Crippen LogP contribution in [0.1, 0.15) is 24.9 Å². The highest BCUT2D eigenvalue weighted by atomic mass is 19.1. The maximum absolute atomic E-state index is 13.8. The van der Waals surface area contributed by atoms with E-state index in [0.717, 1.165) is 0 Å². The zero-order valence-electron chi connectivity index (χ0n) is 11.2. The van der Waals surface area contributed by atoms with Crippen molar-refractivity contribution in [2.75, 3.05) is 19.7 Å². The Bertz CT molecular complexity index is 475. The molecule has 1 heterocycles. The summed E-state index contributed by atoms with van der Waals surface area (Å²) in [5.41, 5.74) is 0.0171. The monoisotopic (exact) mass is 285 g/mol. The molecular formula is C14H17F2NO3. The van der Waals surface area contributed by atoms with Gasteiger partial charge < -0.3 is 9.84 Å². The van der Waals surface area contributed by atoms with Crippen molar-refractivity contribution in [2.45, 2.75) is 25.5 Å². The van der Waals surface area contributed by atoms with Gasteiger partial charge in [0.1, 0.15) is 11.6 Å². The van der Waals surface area contributed by atoms with E-state index in [1.807, 2.05) is 4.90 Å². The number of carboxylic acid groups (broad SMARTS) is 1. The van der Waals surface area contributed by atoms with Gasteiger partial charge in [-0.15, -0.1) is 0 Å². The number of carbonyl (C=O) groups is 1. The highest BCUT2D eigenvalue weighted by Crippen LogP contribution is 2.27. The molecule has 0 amide bonds. The predicted octanol–water partition coefficient (Wildman–Crippen LogP) is 2.20. The molecule has 0 saturated carbocycles. The van der Waals surface area contributed by atoms with Gasteiger partial charge in [0.05, 0.1) is 19.1 Å². The first kappa shape index (κ1) is 14.9. The number of morpholine rings is 1. The molecule has 4 nitrogen and oxygen atoms in total. The molecule has 2 atom stereocenters. The van der Waals surface area contributed by atoms with Gasteiger partial charge in [-0.2, -0.15) is 0 Å². The van der Waals surface area contributed by atoms with E-state index < -0.39 is 29.7 Å². The smallest absolute Gasteiger partial charge is 0.306 e. The third-order valence-electron chi connectivity index (χ3n) is 3.54. The van der Waals surface area contributed by atoms with Crippen molar-refractivity contribution in [1.82, 2.24) is 4.90 Å². The zero-order valence-corrected chi connectivity index (χ0v) is 11.2. The first-order valence-electron chi connectivity index (χ1n) is 6.50. The molecule has 0 radical (unpaired) electrons. The van der Waals surface area contributed by atoms with E-state index in [0.29, 0.717) is 19.7 Å². The molecule has 0 spiro atoms. The summed E-state index contributed by atoms with van der Waals surface area (Å²) < 4.78 is 32.9. The standard InChI is InChI=1S/C14H17F2NO3/c1-9(14-11(15)3-2-4-12(14)16)17-5-6-20-10(8-17)7-13(18)19/h2-4,9-10H,5-8H2,1H3,(H,18,19). The molecule has 20 heavy (non-hydrogen) atoms. The number of carboxylic acids is 1. The lowest BCUT2D eigenvalue weighted by Gasteiger charge is -2.36. The highest BCUT2D eigenvalue weighted by molar-refractivity contribution is 5.67. The molecule has 1 aromatic carbocycles. The fraction of sp³-hybridized carbons (Fsp3) is 0.500. The number of nitrogens with zero attached hydrogens (tertiary/aromatic N) is 1.